The molecule has 2 heterocycles. The number of hydrazone groups is 1. The Labute approximate surface area is 137 Å². The SMILES string of the molecule is O=C(NCc1cccnc1)C(=O)N/N=C\c1ccc2c(c1)OCO2. The van der Waals surface area contributed by atoms with Crippen molar-refractivity contribution in [2.24, 2.45) is 5.10 Å². The van der Waals surface area contributed by atoms with Crippen molar-refractivity contribution in [1.82, 2.24) is 15.7 Å². The lowest BCUT2D eigenvalue weighted by molar-refractivity contribution is -0.139. The molecule has 0 unspecified atom stereocenters. The van der Waals surface area contributed by atoms with E-state index in [2.05, 4.69) is 20.8 Å². The topological polar surface area (TPSA) is 102 Å². The molecule has 0 aliphatic carbocycles. The Morgan fingerprint density at radius 1 is 1.21 bits per heavy atom. The summed E-state index contributed by atoms with van der Waals surface area (Å²) in [5, 5.41) is 6.23. The van der Waals surface area contributed by atoms with Gasteiger partial charge in [0.1, 0.15) is 0 Å². The molecule has 0 spiro atoms. The van der Waals surface area contributed by atoms with Crippen molar-refractivity contribution in [2.75, 3.05) is 6.79 Å². The highest BCUT2D eigenvalue weighted by molar-refractivity contribution is 6.35. The van der Waals surface area contributed by atoms with Gasteiger partial charge >= 0.3 is 11.8 Å². The van der Waals surface area contributed by atoms with E-state index in [0.717, 1.165) is 5.56 Å². The van der Waals surface area contributed by atoms with Gasteiger partial charge in [0.2, 0.25) is 6.79 Å². The number of fused-ring (bicyclic) bond motifs is 1. The second-order valence-corrected chi connectivity index (χ2v) is 4.86. The molecule has 1 aliphatic heterocycles. The normalized spacial score (nSPS) is 12.2. The van der Waals surface area contributed by atoms with Crippen LogP contribution >= 0.6 is 0 Å². The highest BCUT2D eigenvalue weighted by Crippen LogP contribution is 2.31. The van der Waals surface area contributed by atoms with Crippen LogP contribution in [0.1, 0.15) is 11.1 Å². The number of pyridine rings is 1. The van der Waals surface area contributed by atoms with Gasteiger partial charge in [0.15, 0.2) is 11.5 Å². The zero-order valence-corrected chi connectivity index (χ0v) is 12.6. The summed E-state index contributed by atoms with van der Waals surface area (Å²) >= 11 is 0. The van der Waals surface area contributed by atoms with Crippen LogP contribution in [0, 0.1) is 0 Å². The van der Waals surface area contributed by atoms with Crippen LogP contribution in [-0.4, -0.2) is 29.8 Å². The predicted molar refractivity (Wildman–Crippen MR) is 84.4 cm³/mol. The largest absolute Gasteiger partial charge is 0.454 e. The van der Waals surface area contributed by atoms with E-state index < -0.39 is 11.8 Å². The highest BCUT2D eigenvalue weighted by Gasteiger charge is 2.13. The molecule has 0 saturated heterocycles. The molecule has 0 radical (unpaired) electrons. The molecule has 0 saturated carbocycles. The van der Waals surface area contributed by atoms with Crippen LogP contribution in [0.3, 0.4) is 0 Å². The standard InChI is InChI=1S/C16H14N4O4/c21-15(18-8-12-2-1-5-17-7-12)16(22)20-19-9-11-3-4-13-14(6-11)24-10-23-13/h1-7,9H,8,10H2,(H,18,21)(H,20,22)/b19-9-. The summed E-state index contributed by atoms with van der Waals surface area (Å²) in [5.74, 6) is -0.358. The van der Waals surface area contributed by atoms with Crippen molar-refractivity contribution >= 4 is 18.0 Å². The number of hydrogen-bond acceptors (Lipinski definition) is 6. The Morgan fingerprint density at radius 2 is 2.08 bits per heavy atom. The molecule has 1 aliphatic rings. The molecule has 2 aromatic rings. The summed E-state index contributed by atoms with van der Waals surface area (Å²) in [5.41, 5.74) is 3.66. The fourth-order valence-corrected chi connectivity index (χ4v) is 1.97. The number of benzene rings is 1. The molecule has 8 nitrogen and oxygen atoms in total. The second-order valence-electron chi connectivity index (χ2n) is 4.86. The number of ether oxygens (including phenoxy) is 2. The maximum absolute atomic E-state index is 11.7. The number of rotatable bonds is 4. The van der Waals surface area contributed by atoms with Crippen LogP contribution in [0.5, 0.6) is 11.5 Å². The van der Waals surface area contributed by atoms with Crippen LogP contribution < -0.4 is 20.2 Å². The number of hydrogen-bond donors (Lipinski definition) is 2. The molecular formula is C16H14N4O4. The van der Waals surface area contributed by atoms with Gasteiger partial charge in [0.25, 0.3) is 0 Å². The highest BCUT2D eigenvalue weighted by atomic mass is 16.7. The van der Waals surface area contributed by atoms with E-state index in [0.29, 0.717) is 17.1 Å². The monoisotopic (exact) mass is 326 g/mol. The molecule has 122 valence electrons. The van der Waals surface area contributed by atoms with Crippen molar-refractivity contribution in [1.29, 1.82) is 0 Å². The number of nitrogens with one attached hydrogen (secondary N) is 2. The smallest absolute Gasteiger partial charge is 0.329 e. The number of aromatic nitrogens is 1. The Hall–Kier alpha value is -3.42. The minimum absolute atomic E-state index is 0.184. The minimum Gasteiger partial charge on any atom is -0.454 e. The molecule has 2 amide bonds. The molecule has 24 heavy (non-hydrogen) atoms. The molecule has 1 aromatic heterocycles. The maximum atomic E-state index is 11.7. The van der Waals surface area contributed by atoms with E-state index in [4.69, 9.17) is 9.47 Å². The van der Waals surface area contributed by atoms with Gasteiger partial charge in [0.05, 0.1) is 6.21 Å². The number of amides is 2. The first kappa shape index (κ1) is 15.5. The maximum Gasteiger partial charge on any atom is 0.329 e. The van der Waals surface area contributed by atoms with E-state index in [1.54, 1.807) is 42.7 Å². The second kappa shape index (κ2) is 7.23. The third kappa shape index (κ3) is 3.86. The Bertz CT molecular complexity index is 777. The van der Waals surface area contributed by atoms with Crippen LogP contribution in [-0.2, 0) is 16.1 Å². The lowest BCUT2D eigenvalue weighted by atomic mass is 10.2. The molecule has 0 fully saturated rings. The van der Waals surface area contributed by atoms with Crippen molar-refractivity contribution in [3.05, 3.63) is 53.9 Å². The van der Waals surface area contributed by atoms with Crippen molar-refractivity contribution in [3.63, 3.8) is 0 Å². The van der Waals surface area contributed by atoms with E-state index >= 15 is 0 Å². The first-order valence-electron chi connectivity index (χ1n) is 7.12. The molecule has 1 aromatic carbocycles. The summed E-state index contributed by atoms with van der Waals surface area (Å²) in [6.45, 7) is 0.399. The van der Waals surface area contributed by atoms with Crippen molar-refractivity contribution in [2.45, 2.75) is 6.54 Å². The van der Waals surface area contributed by atoms with Gasteiger partial charge in [0, 0.05) is 18.9 Å². The minimum atomic E-state index is -0.851. The number of nitrogens with zero attached hydrogens (tertiary/aromatic N) is 2. The average molecular weight is 326 g/mol. The van der Waals surface area contributed by atoms with Crippen LogP contribution in [0.25, 0.3) is 0 Å². The van der Waals surface area contributed by atoms with Gasteiger partial charge in [-0.2, -0.15) is 5.10 Å². The molecular weight excluding hydrogens is 312 g/mol. The van der Waals surface area contributed by atoms with E-state index in [1.165, 1.54) is 6.21 Å². The van der Waals surface area contributed by atoms with Crippen LogP contribution in [0.4, 0.5) is 0 Å². The molecule has 3 rings (SSSR count). The summed E-state index contributed by atoms with van der Waals surface area (Å²) < 4.78 is 10.4. The van der Waals surface area contributed by atoms with Crippen LogP contribution in [0.2, 0.25) is 0 Å². The van der Waals surface area contributed by atoms with E-state index in [-0.39, 0.29) is 13.3 Å². The molecule has 0 bridgehead atoms. The van der Waals surface area contributed by atoms with Crippen molar-refractivity contribution < 1.29 is 19.1 Å². The average Bonchev–Trinajstić information content (AvgIpc) is 3.08. The lowest BCUT2D eigenvalue weighted by Crippen LogP contribution is -2.37. The van der Waals surface area contributed by atoms with Crippen molar-refractivity contribution in [3.8, 4) is 11.5 Å². The molecule has 0 atom stereocenters. The third-order valence-electron chi connectivity index (χ3n) is 3.16. The van der Waals surface area contributed by atoms with Gasteiger partial charge in [-0.05, 0) is 35.4 Å². The number of carbonyl (C=O) groups is 2. The van der Waals surface area contributed by atoms with Crippen LogP contribution in [0.15, 0.2) is 47.8 Å². The van der Waals surface area contributed by atoms with Gasteiger partial charge < -0.3 is 14.8 Å². The first-order valence-corrected chi connectivity index (χ1v) is 7.12. The Morgan fingerprint density at radius 3 is 2.92 bits per heavy atom. The Kier molecular flexibility index (Phi) is 4.66. The summed E-state index contributed by atoms with van der Waals surface area (Å²) in [7, 11) is 0. The number of carbonyl (C=O) groups excluding carboxylic acids is 2. The molecule has 2 N–H and O–H groups in total. The van der Waals surface area contributed by atoms with Gasteiger partial charge in [-0.25, -0.2) is 5.43 Å². The lowest BCUT2D eigenvalue weighted by Gasteiger charge is -2.03. The summed E-state index contributed by atoms with van der Waals surface area (Å²) in [6, 6.07) is 8.76. The zero-order chi connectivity index (χ0) is 16.8. The first-order chi connectivity index (χ1) is 11.7. The Balaban J connectivity index is 1.48. The third-order valence-corrected chi connectivity index (χ3v) is 3.16. The fourth-order valence-electron chi connectivity index (χ4n) is 1.97. The van der Waals surface area contributed by atoms with Gasteiger partial charge in [-0.1, -0.05) is 6.07 Å². The molecule has 8 heteroatoms. The fraction of sp³-hybridized carbons (Fsp3) is 0.125. The predicted octanol–water partition coefficient (Wildman–Crippen LogP) is 0.577. The summed E-state index contributed by atoms with van der Waals surface area (Å²) in [6.07, 6.45) is 4.65. The van der Waals surface area contributed by atoms with Gasteiger partial charge in [-0.15, -0.1) is 0 Å². The zero-order valence-electron chi connectivity index (χ0n) is 12.6. The summed E-state index contributed by atoms with van der Waals surface area (Å²) in [4.78, 5) is 27.2. The van der Waals surface area contributed by atoms with Gasteiger partial charge in [-0.3, -0.25) is 14.6 Å². The quantitative estimate of drug-likeness (QED) is 0.486. The van der Waals surface area contributed by atoms with E-state index in [1.807, 2.05) is 0 Å². The van der Waals surface area contributed by atoms with E-state index in [9.17, 15) is 9.59 Å².